The van der Waals surface area contributed by atoms with Crippen LogP contribution in [0.25, 0.3) is 0 Å². The molecule has 0 saturated carbocycles. The van der Waals surface area contributed by atoms with Crippen molar-refractivity contribution in [1.82, 2.24) is 0 Å². The van der Waals surface area contributed by atoms with Crippen LogP contribution in [0.3, 0.4) is 0 Å². The summed E-state index contributed by atoms with van der Waals surface area (Å²) in [7, 11) is 0. The zero-order valence-corrected chi connectivity index (χ0v) is 10.2. The van der Waals surface area contributed by atoms with Gasteiger partial charge >= 0.3 is 0 Å². The minimum Gasteiger partial charge on any atom is -0.276 e. The Labute approximate surface area is 99.2 Å². The van der Waals surface area contributed by atoms with Crippen LogP contribution in [0, 0.1) is 5.92 Å². The van der Waals surface area contributed by atoms with Crippen LogP contribution in [0.15, 0.2) is 23.1 Å². The first kappa shape index (κ1) is 11.0. The third kappa shape index (κ3) is 2.56. The maximum absolute atomic E-state index is 11.0. The molecule has 1 aliphatic rings. The van der Waals surface area contributed by atoms with Crippen molar-refractivity contribution in [3.05, 3.63) is 29.3 Å². The Bertz CT molecular complexity index is 389. The molecule has 15 heavy (non-hydrogen) atoms. The van der Waals surface area contributed by atoms with Crippen LogP contribution in [-0.4, -0.2) is 11.0 Å². The number of thioether (sulfide) groups is 1. The quantitative estimate of drug-likeness (QED) is 0.696. The van der Waals surface area contributed by atoms with Crippen LogP contribution in [0.1, 0.15) is 29.3 Å². The third-order valence-electron chi connectivity index (χ3n) is 2.72. The van der Waals surface area contributed by atoms with Crippen molar-refractivity contribution in [2.75, 3.05) is 5.75 Å². The first-order valence-electron chi connectivity index (χ1n) is 5.12. The second kappa shape index (κ2) is 4.58. The van der Waals surface area contributed by atoms with Crippen molar-refractivity contribution < 1.29 is 4.79 Å². The second-order valence-corrected chi connectivity index (χ2v) is 5.46. The van der Waals surface area contributed by atoms with Gasteiger partial charge in [-0.15, -0.1) is 11.8 Å². The Morgan fingerprint density at radius 1 is 1.53 bits per heavy atom. The summed E-state index contributed by atoms with van der Waals surface area (Å²) < 4.78 is 0. The van der Waals surface area contributed by atoms with Gasteiger partial charge < -0.3 is 0 Å². The number of hydrogen-bond donors (Lipinski definition) is 0. The summed E-state index contributed by atoms with van der Waals surface area (Å²) in [5, 5.41) is -0.361. The Morgan fingerprint density at radius 3 is 3.07 bits per heavy atom. The molecule has 0 radical (unpaired) electrons. The van der Waals surface area contributed by atoms with Gasteiger partial charge in [0.25, 0.3) is 5.24 Å². The molecule has 2 rings (SSSR count). The van der Waals surface area contributed by atoms with E-state index in [1.807, 2.05) is 30.0 Å². The number of carbonyl (C=O) groups is 1. The number of hydrogen-bond acceptors (Lipinski definition) is 2. The van der Waals surface area contributed by atoms with E-state index in [0.717, 1.165) is 12.3 Å². The number of halogens is 1. The monoisotopic (exact) mass is 240 g/mol. The topological polar surface area (TPSA) is 17.1 Å². The highest BCUT2D eigenvalue weighted by atomic mass is 35.5. The molecular weight excluding hydrogens is 228 g/mol. The molecule has 0 bridgehead atoms. The summed E-state index contributed by atoms with van der Waals surface area (Å²) >= 11 is 7.35. The molecule has 0 aromatic heterocycles. The van der Waals surface area contributed by atoms with Crippen molar-refractivity contribution >= 4 is 28.6 Å². The molecule has 0 saturated heterocycles. The van der Waals surface area contributed by atoms with Gasteiger partial charge in [0, 0.05) is 16.2 Å². The first-order valence-corrected chi connectivity index (χ1v) is 6.48. The molecule has 1 aromatic rings. The van der Waals surface area contributed by atoms with E-state index in [2.05, 4.69) is 6.92 Å². The van der Waals surface area contributed by atoms with E-state index in [9.17, 15) is 4.79 Å². The molecule has 80 valence electrons. The first-order chi connectivity index (χ1) is 7.16. The smallest absolute Gasteiger partial charge is 0.252 e. The van der Waals surface area contributed by atoms with E-state index in [4.69, 9.17) is 11.6 Å². The maximum Gasteiger partial charge on any atom is 0.252 e. The van der Waals surface area contributed by atoms with Crippen LogP contribution in [0.5, 0.6) is 0 Å². The highest BCUT2D eigenvalue weighted by Crippen LogP contribution is 2.32. The Hall–Kier alpha value is -0.470. The lowest BCUT2D eigenvalue weighted by Gasteiger charge is -2.05. The molecule has 1 nitrogen and oxygen atoms in total. The zero-order valence-electron chi connectivity index (χ0n) is 8.63. The lowest BCUT2D eigenvalue weighted by molar-refractivity contribution is 0.108. The molecule has 1 atom stereocenters. The van der Waals surface area contributed by atoms with Gasteiger partial charge in [-0.1, -0.05) is 6.92 Å². The predicted octanol–water partition coefficient (Wildman–Crippen LogP) is 3.74. The van der Waals surface area contributed by atoms with Crippen LogP contribution in [-0.2, 0) is 6.42 Å². The van der Waals surface area contributed by atoms with Crippen LogP contribution >= 0.6 is 23.4 Å². The van der Waals surface area contributed by atoms with Gasteiger partial charge in [-0.3, -0.25) is 4.79 Å². The molecule has 1 aromatic carbocycles. The predicted molar refractivity (Wildman–Crippen MR) is 64.8 cm³/mol. The van der Waals surface area contributed by atoms with Gasteiger partial charge in [0.15, 0.2) is 0 Å². The summed E-state index contributed by atoms with van der Waals surface area (Å²) in [6, 6.07) is 5.78. The van der Waals surface area contributed by atoms with E-state index in [0.29, 0.717) is 5.56 Å². The molecule has 0 aliphatic carbocycles. The van der Waals surface area contributed by atoms with Gasteiger partial charge in [0.05, 0.1) is 0 Å². The Balaban J connectivity index is 2.32. The average Bonchev–Trinajstić information content (AvgIpc) is 2.40. The van der Waals surface area contributed by atoms with Crippen molar-refractivity contribution in [2.24, 2.45) is 5.92 Å². The van der Waals surface area contributed by atoms with Crippen LogP contribution in [0.4, 0.5) is 0 Å². The minimum absolute atomic E-state index is 0.361. The molecule has 0 fully saturated rings. The fraction of sp³-hybridized carbons (Fsp3) is 0.417. The molecule has 1 heterocycles. The number of carbonyl (C=O) groups excluding carboxylic acids is 1. The van der Waals surface area contributed by atoms with E-state index in [-0.39, 0.29) is 5.24 Å². The lowest BCUT2D eigenvalue weighted by atomic mass is 10.0. The lowest BCUT2D eigenvalue weighted by Crippen LogP contribution is -1.96. The molecule has 1 aliphatic heterocycles. The summed E-state index contributed by atoms with van der Waals surface area (Å²) in [4.78, 5) is 12.3. The van der Waals surface area contributed by atoms with Crippen LogP contribution in [0.2, 0.25) is 0 Å². The van der Waals surface area contributed by atoms with Gasteiger partial charge in [-0.2, -0.15) is 0 Å². The molecule has 3 heteroatoms. The number of benzene rings is 1. The molecule has 1 unspecified atom stereocenters. The summed E-state index contributed by atoms with van der Waals surface area (Å²) in [5.41, 5.74) is 1.89. The maximum atomic E-state index is 11.0. The van der Waals surface area contributed by atoms with Crippen molar-refractivity contribution in [3.63, 3.8) is 0 Å². The zero-order chi connectivity index (χ0) is 10.8. The van der Waals surface area contributed by atoms with Crippen molar-refractivity contribution in [1.29, 1.82) is 0 Å². The molecule has 0 spiro atoms. The number of aryl methyl sites for hydroxylation is 1. The van der Waals surface area contributed by atoms with E-state index in [1.54, 1.807) is 0 Å². The minimum atomic E-state index is -0.361. The van der Waals surface area contributed by atoms with Crippen molar-refractivity contribution in [2.45, 2.75) is 24.7 Å². The third-order valence-corrected chi connectivity index (χ3v) is 4.38. The molecule has 0 N–H and O–H groups in total. The molecular formula is C12H13ClOS. The standard InChI is InChI=1S/C12H13ClOS/c1-8-2-3-9-6-10(12(13)14)4-5-11(9)15-7-8/h4-6,8H,2-3,7H2,1H3. The normalized spacial score (nSPS) is 20.5. The largest absolute Gasteiger partial charge is 0.276 e. The Kier molecular flexibility index (Phi) is 3.37. The van der Waals surface area contributed by atoms with E-state index >= 15 is 0 Å². The number of fused-ring (bicyclic) bond motifs is 1. The van der Waals surface area contributed by atoms with Crippen molar-refractivity contribution in [3.8, 4) is 0 Å². The van der Waals surface area contributed by atoms with Crippen LogP contribution < -0.4 is 0 Å². The highest BCUT2D eigenvalue weighted by molar-refractivity contribution is 7.99. The highest BCUT2D eigenvalue weighted by Gasteiger charge is 2.14. The fourth-order valence-electron chi connectivity index (χ4n) is 1.76. The summed E-state index contributed by atoms with van der Waals surface area (Å²) in [5.74, 6) is 1.92. The average molecular weight is 241 g/mol. The fourth-order valence-corrected chi connectivity index (χ4v) is 3.01. The second-order valence-electron chi connectivity index (χ2n) is 4.05. The van der Waals surface area contributed by atoms with Gasteiger partial charge in [-0.25, -0.2) is 0 Å². The SMILES string of the molecule is CC1CCc2cc(C(=O)Cl)ccc2SC1. The Morgan fingerprint density at radius 2 is 2.33 bits per heavy atom. The van der Waals surface area contributed by atoms with Gasteiger partial charge in [0.1, 0.15) is 0 Å². The summed E-state index contributed by atoms with van der Waals surface area (Å²) in [6.07, 6.45) is 2.25. The van der Waals surface area contributed by atoms with Gasteiger partial charge in [-0.05, 0) is 54.1 Å². The van der Waals surface area contributed by atoms with E-state index < -0.39 is 0 Å². The van der Waals surface area contributed by atoms with Gasteiger partial charge in [0.2, 0.25) is 0 Å². The molecule has 0 amide bonds. The summed E-state index contributed by atoms with van der Waals surface area (Å²) in [6.45, 7) is 2.27. The van der Waals surface area contributed by atoms with E-state index in [1.165, 1.54) is 22.6 Å². The number of rotatable bonds is 1.